The topological polar surface area (TPSA) is 64.1 Å². The zero-order valence-electron chi connectivity index (χ0n) is 17.8. The Morgan fingerprint density at radius 2 is 1.66 bits per heavy atom. The lowest BCUT2D eigenvalue weighted by Gasteiger charge is -2.19. The van der Waals surface area contributed by atoms with Crippen LogP contribution in [0.1, 0.15) is 54.2 Å². The van der Waals surface area contributed by atoms with E-state index >= 15 is 0 Å². The second kappa shape index (κ2) is 10.3. The van der Waals surface area contributed by atoms with Gasteiger partial charge in [-0.1, -0.05) is 37.6 Å². The first-order chi connectivity index (χ1) is 15.3. The normalized spacial score (nSPS) is 12.3. The van der Waals surface area contributed by atoms with E-state index in [0.717, 1.165) is 30.5 Å². The van der Waals surface area contributed by atoms with Gasteiger partial charge in [0, 0.05) is 5.56 Å². The first kappa shape index (κ1) is 23.2. The van der Waals surface area contributed by atoms with Crippen LogP contribution in [0.2, 0.25) is 0 Å². The number of benzene rings is 2. The minimum atomic E-state index is -4.37. The van der Waals surface area contributed by atoms with Crippen LogP contribution in [0.3, 0.4) is 0 Å². The Labute approximate surface area is 184 Å². The van der Waals surface area contributed by atoms with Crippen LogP contribution in [0.4, 0.5) is 19.0 Å². The number of halogens is 3. The zero-order chi connectivity index (χ0) is 23.1. The van der Waals surface area contributed by atoms with Crippen LogP contribution in [0.15, 0.2) is 60.7 Å². The van der Waals surface area contributed by atoms with E-state index in [2.05, 4.69) is 22.4 Å². The minimum absolute atomic E-state index is 0.0394. The van der Waals surface area contributed by atoms with Crippen LogP contribution in [0.25, 0.3) is 11.3 Å². The van der Waals surface area contributed by atoms with Crippen LogP contribution < -0.4 is 5.32 Å². The largest absolute Gasteiger partial charge is 0.462 e. The van der Waals surface area contributed by atoms with Crippen molar-refractivity contribution in [3.05, 3.63) is 77.4 Å². The van der Waals surface area contributed by atoms with Crippen LogP contribution in [-0.4, -0.2) is 22.8 Å². The van der Waals surface area contributed by atoms with E-state index in [1.165, 1.54) is 12.1 Å². The molecule has 1 aromatic heterocycles. The molecule has 0 fully saturated rings. The Kier molecular flexibility index (Phi) is 7.45. The Morgan fingerprint density at radius 3 is 2.19 bits per heavy atom. The average Bonchev–Trinajstić information content (AvgIpc) is 2.79. The van der Waals surface area contributed by atoms with E-state index in [1.54, 1.807) is 31.2 Å². The number of nitrogens with one attached hydrogen (secondary N) is 1. The number of carbonyl (C=O) groups is 1. The van der Waals surface area contributed by atoms with Crippen molar-refractivity contribution in [2.45, 2.75) is 38.9 Å². The molecule has 0 amide bonds. The van der Waals surface area contributed by atoms with Crippen LogP contribution in [0.5, 0.6) is 0 Å². The lowest BCUT2D eigenvalue weighted by atomic mass is 10.0. The fourth-order valence-electron chi connectivity index (χ4n) is 3.25. The van der Waals surface area contributed by atoms with Gasteiger partial charge in [-0.05, 0) is 55.3 Å². The van der Waals surface area contributed by atoms with Gasteiger partial charge in [-0.15, -0.1) is 10.2 Å². The molecule has 0 aliphatic carbocycles. The summed E-state index contributed by atoms with van der Waals surface area (Å²) in [6.07, 6.45) is -2.61. The standard InChI is InChI=1S/C24H24F3N3O2/c1-3-5-20(16-6-8-18(9-7-16)23(31)32-4-2)28-22-15-14-21(29-30-22)17-10-12-19(13-11-17)24(25,26)27/h6-15,20H,3-5H2,1-2H3,(H,28,30). The van der Waals surface area contributed by atoms with Gasteiger partial charge >= 0.3 is 12.1 Å². The lowest BCUT2D eigenvalue weighted by Crippen LogP contribution is -2.13. The number of esters is 1. The second-order valence-corrected chi connectivity index (χ2v) is 7.21. The van der Waals surface area contributed by atoms with Crippen LogP contribution in [-0.2, 0) is 10.9 Å². The quantitative estimate of drug-likeness (QED) is 0.415. The summed E-state index contributed by atoms with van der Waals surface area (Å²) in [6.45, 7) is 4.15. The molecule has 8 heteroatoms. The van der Waals surface area contributed by atoms with Gasteiger partial charge in [0.1, 0.15) is 5.82 Å². The molecule has 2 aromatic carbocycles. The highest BCUT2D eigenvalue weighted by atomic mass is 19.4. The molecule has 5 nitrogen and oxygen atoms in total. The van der Waals surface area contributed by atoms with Gasteiger partial charge in [-0.2, -0.15) is 13.2 Å². The molecule has 0 aliphatic rings. The maximum Gasteiger partial charge on any atom is 0.416 e. The summed E-state index contributed by atoms with van der Waals surface area (Å²) in [5.41, 5.74) is 1.82. The molecule has 3 aromatic rings. The van der Waals surface area contributed by atoms with Gasteiger partial charge in [0.2, 0.25) is 0 Å². The van der Waals surface area contributed by atoms with E-state index in [4.69, 9.17) is 4.74 Å². The van der Waals surface area contributed by atoms with Crippen molar-refractivity contribution in [2.75, 3.05) is 11.9 Å². The molecule has 0 saturated heterocycles. The molecule has 1 unspecified atom stereocenters. The number of hydrogen-bond acceptors (Lipinski definition) is 5. The number of hydrogen-bond donors (Lipinski definition) is 1. The molecule has 168 valence electrons. The summed E-state index contributed by atoms with van der Waals surface area (Å²) in [5, 5.41) is 11.7. The number of rotatable bonds is 8. The average molecular weight is 443 g/mol. The monoisotopic (exact) mass is 443 g/mol. The lowest BCUT2D eigenvalue weighted by molar-refractivity contribution is -0.137. The van der Waals surface area contributed by atoms with E-state index in [1.807, 2.05) is 12.1 Å². The molecule has 0 bridgehead atoms. The Hall–Kier alpha value is -3.42. The molecule has 0 radical (unpaired) electrons. The molecule has 32 heavy (non-hydrogen) atoms. The number of carbonyl (C=O) groups excluding carboxylic acids is 1. The number of ether oxygens (including phenoxy) is 1. The van der Waals surface area contributed by atoms with E-state index in [0.29, 0.717) is 29.2 Å². The van der Waals surface area contributed by atoms with Crippen LogP contribution in [0, 0.1) is 0 Å². The fraction of sp³-hybridized carbons (Fsp3) is 0.292. The van der Waals surface area contributed by atoms with Crippen molar-refractivity contribution in [1.82, 2.24) is 10.2 Å². The smallest absolute Gasteiger partial charge is 0.416 e. The fourth-order valence-corrected chi connectivity index (χ4v) is 3.25. The molecule has 1 heterocycles. The van der Waals surface area contributed by atoms with Gasteiger partial charge < -0.3 is 10.1 Å². The summed E-state index contributed by atoms with van der Waals surface area (Å²) in [7, 11) is 0. The SMILES string of the molecule is CCCC(Nc1ccc(-c2ccc(C(F)(F)F)cc2)nn1)c1ccc(C(=O)OCC)cc1. The van der Waals surface area contributed by atoms with Crippen molar-refractivity contribution in [3.63, 3.8) is 0 Å². The molecule has 3 rings (SSSR count). The maximum atomic E-state index is 12.7. The molecular weight excluding hydrogens is 419 g/mol. The minimum Gasteiger partial charge on any atom is -0.462 e. The molecule has 0 spiro atoms. The van der Waals surface area contributed by atoms with Gasteiger partial charge in [0.15, 0.2) is 0 Å². The van der Waals surface area contributed by atoms with Crippen molar-refractivity contribution in [1.29, 1.82) is 0 Å². The van der Waals surface area contributed by atoms with Crippen molar-refractivity contribution in [2.24, 2.45) is 0 Å². The summed E-state index contributed by atoms with van der Waals surface area (Å²) >= 11 is 0. The third-order valence-corrected chi connectivity index (χ3v) is 4.90. The highest BCUT2D eigenvalue weighted by Crippen LogP contribution is 2.31. The summed E-state index contributed by atoms with van der Waals surface area (Å²) < 4.78 is 43.2. The summed E-state index contributed by atoms with van der Waals surface area (Å²) in [4.78, 5) is 11.8. The number of aromatic nitrogens is 2. The van der Waals surface area contributed by atoms with Gasteiger partial charge in [-0.3, -0.25) is 0 Å². The predicted molar refractivity (Wildman–Crippen MR) is 116 cm³/mol. The third-order valence-electron chi connectivity index (χ3n) is 4.90. The molecule has 1 atom stereocenters. The Balaban J connectivity index is 1.72. The first-order valence-electron chi connectivity index (χ1n) is 10.4. The molecular formula is C24H24F3N3O2. The van der Waals surface area contributed by atoms with E-state index < -0.39 is 11.7 Å². The number of alkyl halides is 3. The highest BCUT2D eigenvalue weighted by molar-refractivity contribution is 5.89. The maximum absolute atomic E-state index is 12.7. The van der Waals surface area contributed by atoms with E-state index in [9.17, 15) is 18.0 Å². The molecule has 1 N–H and O–H groups in total. The number of anilines is 1. The first-order valence-corrected chi connectivity index (χ1v) is 10.4. The highest BCUT2D eigenvalue weighted by Gasteiger charge is 2.30. The van der Waals surface area contributed by atoms with Crippen molar-refractivity contribution in [3.8, 4) is 11.3 Å². The second-order valence-electron chi connectivity index (χ2n) is 7.21. The third kappa shape index (κ3) is 5.84. The predicted octanol–water partition coefficient (Wildman–Crippen LogP) is 6.29. The van der Waals surface area contributed by atoms with E-state index in [-0.39, 0.29) is 12.0 Å². The van der Waals surface area contributed by atoms with Crippen LogP contribution >= 0.6 is 0 Å². The molecule has 0 aliphatic heterocycles. The van der Waals surface area contributed by atoms with Gasteiger partial charge in [-0.25, -0.2) is 4.79 Å². The van der Waals surface area contributed by atoms with Gasteiger partial charge in [0.05, 0.1) is 29.5 Å². The molecule has 0 saturated carbocycles. The van der Waals surface area contributed by atoms with Crippen molar-refractivity contribution >= 4 is 11.8 Å². The Morgan fingerprint density at radius 1 is 0.969 bits per heavy atom. The number of nitrogens with zero attached hydrogens (tertiary/aromatic N) is 2. The summed E-state index contributed by atoms with van der Waals surface area (Å²) in [6, 6.07) is 15.5. The zero-order valence-corrected chi connectivity index (χ0v) is 17.8. The van der Waals surface area contributed by atoms with Crippen molar-refractivity contribution < 1.29 is 22.7 Å². The summed E-state index contributed by atoms with van der Waals surface area (Å²) in [5.74, 6) is 0.192. The van der Waals surface area contributed by atoms with Gasteiger partial charge in [0.25, 0.3) is 0 Å². The Bertz CT molecular complexity index is 1020.